The molecule has 0 aromatic carbocycles. The van der Waals surface area contributed by atoms with Gasteiger partial charge in [-0.1, -0.05) is 0 Å². The molecule has 1 fully saturated rings. The molecule has 5 rings (SSSR count). The van der Waals surface area contributed by atoms with Crippen molar-refractivity contribution in [1.82, 2.24) is 29.5 Å². The lowest BCUT2D eigenvalue weighted by molar-refractivity contribution is 0.0681. The van der Waals surface area contributed by atoms with Crippen molar-refractivity contribution >= 4 is 22.6 Å². The van der Waals surface area contributed by atoms with Crippen molar-refractivity contribution in [3.05, 3.63) is 30.9 Å². The molecule has 0 atom stereocenters. The number of ether oxygens (including phenoxy) is 2. The Morgan fingerprint density at radius 3 is 2.79 bits per heavy atom. The quantitative estimate of drug-likeness (QED) is 0.537. The summed E-state index contributed by atoms with van der Waals surface area (Å²) >= 11 is 0. The number of hydrogen-bond donors (Lipinski definition) is 2. The second kappa shape index (κ2) is 7.32. The highest BCUT2D eigenvalue weighted by Crippen LogP contribution is 2.34. The molecule has 4 aromatic heterocycles. The van der Waals surface area contributed by atoms with Gasteiger partial charge < -0.3 is 19.8 Å². The normalized spacial score (nSPS) is 19.7. The van der Waals surface area contributed by atoms with Crippen LogP contribution in [0.2, 0.25) is 0 Å². The van der Waals surface area contributed by atoms with Crippen molar-refractivity contribution in [2.75, 3.05) is 19.5 Å². The van der Waals surface area contributed by atoms with Gasteiger partial charge in [0.05, 0.1) is 18.6 Å². The Hall–Kier alpha value is -3.20. The SMILES string of the molecule is COc1nc(N[C@H]2CC[C@@H](OC)CC2)nc2[nH]cc(-c3ccc4nncn4c3)c12. The van der Waals surface area contributed by atoms with Gasteiger partial charge in [0.2, 0.25) is 11.8 Å². The van der Waals surface area contributed by atoms with E-state index >= 15 is 0 Å². The molecule has 0 bridgehead atoms. The molecule has 9 nitrogen and oxygen atoms in total. The van der Waals surface area contributed by atoms with Crippen LogP contribution in [-0.4, -0.2) is 55.9 Å². The number of aromatic nitrogens is 6. The Kier molecular flexibility index (Phi) is 4.51. The first kappa shape index (κ1) is 17.9. The summed E-state index contributed by atoms with van der Waals surface area (Å²) in [5.41, 5.74) is 3.51. The Morgan fingerprint density at radius 2 is 2.00 bits per heavy atom. The minimum absolute atomic E-state index is 0.342. The van der Waals surface area contributed by atoms with Crippen molar-refractivity contribution in [3.8, 4) is 17.0 Å². The predicted octanol–water partition coefficient (Wildman–Crippen LogP) is 3.05. The van der Waals surface area contributed by atoms with E-state index in [1.54, 1.807) is 20.5 Å². The van der Waals surface area contributed by atoms with Crippen LogP contribution >= 0.6 is 0 Å². The number of anilines is 1. The molecule has 1 aliphatic rings. The van der Waals surface area contributed by atoms with E-state index < -0.39 is 0 Å². The average Bonchev–Trinajstić information content (AvgIpc) is 3.40. The molecule has 150 valence electrons. The van der Waals surface area contributed by atoms with Crippen molar-refractivity contribution in [1.29, 1.82) is 0 Å². The largest absolute Gasteiger partial charge is 0.480 e. The third-order valence-corrected chi connectivity index (χ3v) is 5.63. The molecule has 9 heteroatoms. The van der Waals surface area contributed by atoms with E-state index in [0.29, 0.717) is 24.0 Å². The van der Waals surface area contributed by atoms with Gasteiger partial charge in [0, 0.05) is 36.7 Å². The molecule has 1 aliphatic carbocycles. The molecular weight excluding hydrogens is 370 g/mol. The fourth-order valence-electron chi connectivity index (χ4n) is 4.05. The lowest BCUT2D eigenvalue weighted by atomic mass is 9.93. The van der Waals surface area contributed by atoms with Crippen LogP contribution in [0.1, 0.15) is 25.7 Å². The second-order valence-corrected chi connectivity index (χ2v) is 7.35. The molecule has 2 N–H and O–H groups in total. The summed E-state index contributed by atoms with van der Waals surface area (Å²) in [5, 5.41) is 12.3. The number of H-pyrrole nitrogens is 1. The molecule has 0 aliphatic heterocycles. The van der Waals surface area contributed by atoms with E-state index in [0.717, 1.165) is 53.5 Å². The van der Waals surface area contributed by atoms with E-state index in [2.05, 4.69) is 25.5 Å². The predicted molar refractivity (Wildman–Crippen MR) is 109 cm³/mol. The van der Waals surface area contributed by atoms with Crippen LogP contribution in [0.4, 0.5) is 5.95 Å². The zero-order valence-electron chi connectivity index (χ0n) is 16.4. The van der Waals surface area contributed by atoms with Crippen LogP contribution in [0.5, 0.6) is 5.88 Å². The molecule has 1 saturated carbocycles. The number of fused-ring (bicyclic) bond motifs is 2. The summed E-state index contributed by atoms with van der Waals surface area (Å²) in [5.74, 6) is 1.13. The maximum atomic E-state index is 5.62. The number of hydrogen-bond acceptors (Lipinski definition) is 7. The number of methoxy groups -OCH3 is 2. The Balaban J connectivity index is 1.47. The van der Waals surface area contributed by atoms with Gasteiger partial charge in [0.1, 0.15) is 12.0 Å². The highest BCUT2D eigenvalue weighted by atomic mass is 16.5. The third-order valence-electron chi connectivity index (χ3n) is 5.63. The van der Waals surface area contributed by atoms with Crippen LogP contribution in [0.15, 0.2) is 30.9 Å². The lowest BCUT2D eigenvalue weighted by Crippen LogP contribution is -2.29. The number of nitrogens with zero attached hydrogens (tertiary/aromatic N) is 5. The summed E-state index contributed by atoms with van der Waals surface area (Å²) in [7, 11) is 3.42. The fraction of sp³-hybridized carbons (Fsp3) is 0.400. The van der Waals surface area contributed by atoms with E-state index in [1.165, 1.54) is 0 Å². The second-order valence-electron chi connectivity index (χ2n) is 7.35. The third kappa shape index (κ3) is 3.27. The fourth-order valence-corrected chi connectivity index (χ4v) is 4.05. The minimum Gasteiger partial charge on any atom is -0.480 e. The molecule has 4 heterocycles. The van der Waals surface area contributed by atoms with Gasteiger partial charge in [-0.05, 0) is 37.8 Å². The number of pyridine rings is 1. The highest BCUT2D eigenvalue weighted by Gasteiger charge is 2.22. The summed E-state index contributed by atoms with van der Waals surface area (Å²) < 4.78 is 13.0. The first-order valence-corrected chi connectivity index (χ1v) is 9.77. The minimum atomic E-state index is 0.342. The number of nitrogens with one attached hydrogen (secondary N) is 2. The molecule has 4 aromatic rings. The summed E-state index contributed by atoms with van der Waals surface area (Å²) in [4.78, 5) is 12.6. The van der Waals surface area contributed by atoms with Gasteiger partial charge in [-0.2, -0.15) is 9.97 Å². The summed E-state index contributed by atoms with van der Waals surface area (Å²) in [6.45, 7) is 0. The van der Waals surface area contributed by atoms with Gasteiger partial charge in [-0.3, -0.25) is 4.40 Å². The number of rotatable bonds is 5. The summed E-state index contributed by atoms with van der Waals surface area (Å²) in [6, 6.07) is 4.28. The van der Waals surface area contributed by atoms with Gasteiger partial charge in [0.15, 0.2) is 5.65 Å². The molecule has 0 radical (unpaired) electrons. The zero-order valence-corrected chi connectivity index (χ0v) is 16.4. The topological polar surface area (TPSA) is 102 Å². The smallest absolute Gasteiger partial charge is 0.228 e. The first-order valence-electron chi connectivity index (χ1n) is 9.77. The Morgan fingerprint density at radius 1 is 1.14 bits per heavy atom. The van der Waals surface area contributed by atoms with Crippen molar-refractivity contribution < 1.29 is 9.47 Å². The Labute approximate surface area is 167 Å². The van der Waals surface area contributed by atoms with Gasteiger partial charge in [0.25, 0.3) is 0 Å². The molecular formula is C20H23N7O2. The maximum absolute atomic E-state index is 5.62. The molecule has 0 unspecified atom stereocenters. The first-order chi connectivity index (χ1) is 14.2. The average molecular weight is 393 g/mol. The van der Waals surface area contributed by atoms with Crippen LogP contribution in [0, 0.1) is 0 Å². The van der Waals surface area contributed by atoms with Crippen LogP contribution < -0.4 is 10.1 Å². The molecule has 0 spiro atoms. The van der Waals surface area contributed by atoms with Crippen LogP contribution in [-0.2, 0) is 4.74 Å². The molecule has 0 amide bonds. The van der Waals surface area contributed by atoms with Crippen molar-refractivity contribution in [2.24, 2.45) is 0 Å². The van der Waals surface area contributed by atoms with Gasteiger partial charge >= 0.3 is 0 Å². The number of aromatic amines is 1. The highest BCUT2D eigenvalue weighted by molar-refractivity contribution is 5.97. The van der Waals surface area contributed by atoms with E-state index in [9.17, 15) is 0 Å². The van der Waals surface area contributed by atoms with Crippen molar-refractivity contribution in [2.45, 2.75) is 37.8 Å². The monoisotopic (exact) mass is 393 g/mol. The van der Waals surface area contributed by atoms with E-state index in [1.807, 2.05) is 28.9 Å². The standard InChI is InChI=1S/C20H23N7O2/c1-28-14-6-4-13(5-7-14)23-20-24-18-17(19(25-20)29-2)15(9-21-18)12-3-8-16-26-22-11-27(16)10-12/h3,8-11,13-14H,4-7H2,1-2H3,(H2,21,23,24,25)/t13-,14+. The molecule has 29 heavy (non-hydrogen) atoms. The zero-order chi connectivity index (χ0) is 19.8. The van der Waals surface area contributed by atoms with Gasteiger partial charge in [-0.15, -0.1) is 10.2 Å². The molecule has 0 saturated heterocycles. The van der Waals surface area contributed by atoms with Crippen molar-refractivity contribution in [3.63, 3.8) is 0 Å². The van der Waals surface area contributed by atoms with E-state index in [4.69, 9.17) is 14.5 Å². The van der Waals surface area contributed by atoms with Gasteiger partial charge in [-0.25, -0.2) is 0 Å². The van der Waals surface area contributed by atoms with E-state index in [-0.39, 0.29) is 0 Å². The Bertz CT molecular complexity index is 1140. The van der Waals surface area contributed by atoms with Crippen LogP contribution in [0.3, 0.4) is 0 Å². The lowest BCUT2D eigenvalue weighted by Gasteiger charge is -2.28. The maximum Gasteiger partial charge on any atom is 0.228 e. The summed E-state index contributed by atoms with van der Waals surface area (Å²) in [6.07, 6.45) is 10.1. The van der Waals surface area contributed by atoms with Crippen LogP contribution in [0.25, 0.3) is 27.8 Å².